The second-order valence-electron chi connectivity index (χ2n) is 3.36. The predicted octanol–water partition coefficient (Wildman–Crippen LogP) is 1.57. The van der Waals surface area contributed by atoms with Crippen molar-refractivity contribution in [2.24, 2.45) is 0 Å². The Morgan fingerprint density at radius 2 is 2.33 bits per heavy atom. The third kappa shape index (κ3) is 1.98. The zero-order chi connectivity index (χ0) is 10.8. The van der Waals surface area contributed by atoms with Crippen LogP contribution >= 0.6 is 0 Å². The van der Waals surface area contributed by atoms with E-state index in [1.165, 1.54) is 12.4 Å². The number of nitrogens with one attached hydrogen (secondary N) is 1. The number of rotatable bonds is 4. The van der Waals surface area contributed by atoms with E-state index in [4.69, 9.17) is 4.74 Å². The molecule has 0 aromatic carbocycles. The molecule has 0 radical (unpaired) electrons. The zero-order valence-corrected chi connectivity index (χ0v) is 8.27. The molecule has 0 bridgehead atoms. The highest BCUT2D eigenvalue weighted by atomic mass is 16.6. The van der Waals surface area contributed by atoms with Gasteiger partial charge < -0.3 is 10.1 Å². The van der Waals surface area contributed by atoms with Crippen molar-refractivity contribution >= 4 is 11.4 Å². The van der Waals surface area contributed by atoms with Crippen molar-refractivity contribution in [3.63, 3.8) is 0 Å². The lowest BCUT2D eigenvalue weighted by molar-refractivity contribution is -0.384. The van der Waals surface area contributed by atoms with E-state index in [-0.39, 0.29) is 11.8 Å². The molecule has 6 nitrogen and oxygen atoms in total. The fourth-order valence-corrected chi connectivity index (χ4v) is 1.28. The maximum Gasteiger partial charge on any atom is 0.314 e. The average Bonchev–Trinajstić information content (AvgIpc) is 3.01. The summed E-state index contributed by atoms with van der Waals surface area (Å²) in [5, 5.41) is 13.5. The molecule has 1 saturated carbocycles. The number of nitro groups is 1. The number of ether oxygens (including phenoxy) is 1. The van der Waals surface area contributed by atoms with Crippen LogP contribution in [0.1, 0.15) is 12.8 Å². The summed E-state index contributed by atoms with van der Waals surface area (Å²) in [6.45, 7) is 0. The smallest absolute Gasteiger partial charge is 0.314 e. The molecule has 0 amide bonds. The molecule has 1 aliphatic rings. The van der Waals surface area contributed by atoms with Gasteiger partial charge in [0.1, 0.15) is 6.20 Å². The Labute approximate surface area is 86.4 Å². The first-order chi connectivity index (χ1) is 7.22. The lowest BCUT2D eigenvalue weighted by Gasteiger charge is -2.09. The number of hydrogen-bond donors (Lipinski definition) is 1. The summed E-state index contributed by atoms with van der Waals surface area (Å²) >= 11 is 0. The zero-order valence-electron chi connectivity index (χ0n) is 8.27. The normalized spacial score (nSPS) is 14.7. The second kappa shape index (κ2) is 3.72. The van der Waals surface area contributed by atoms with Crippen molar-refractivity contribution in [2.45, 2.75) is 18.9 Å². The highest BCUT2D eigenvalue weighted by Gasteiger charge is 2.27. The summed E-state index contributed by atoms with van der Waals surface area (Å²) < 4.78 is 5.51. The summed E-state index contributed by atoms with van der Waals surface area (Å²) in [4.78, 5) is 14.0. The second-order valence-corrected chi connectivity index (χ2v) is 3.36. The van der Waals surface area contributed by atoms with Crippen molar-refractivity contribution in [1.29, 1.82) is 0 Å². The fourth-order valence-electron chi connectivity index (χ4n) is 1.28. The number of anilines is 1. The van der Waals surface area contributed by atoms with Gasteiger partial charge in [0.15, 0.2) is 11.4 Å². The summed E-state index contributed by atoms with van der Waals surface area (Å²) in [6, 6.07) is 0. The number of aromatic nitrogens is 1. The van der Waals surface area contributed by atoms with E-state index in [0.29, 0.717) is 11.4 Å². The van der Waals surface area contributed by atoms with Crippen LogP contribution in [0.25, 0.3) is 0 Å². The standard InChI is InChI=1S/C9H11N3O3/c1-10-9-7(12(13)14)4-11-5-8(9)15-6-2-3-6/h4-6H,2-3H2,1H3,(H,10,11). The number of nitrogens with zero attached hydrogens (tertiary/aromatic N) is 2. The maximum atomic E-state index is 10.7. The molecule has 1 fully saturated rings. The van der Waals surface area contributed by atoms with Gasteiger partial charge in [-0.2, -0.15) is 0 Å². The molecule has 1 aliphatic carbocycles. The Kier molecular flexibility index (Phi) is 2.40. The maximum absolute atomic E-state index is 10.7. The lowest BCUT2D eigenvalue weighted by Crippen LogP contribution is -2.03. The Hall–Kier alpha value is -1.85. The molecule has 1 aromatic rings. The minimum Gasteiger partial charge on any atom is -0.486 e. The molecule has 80 valence electrons. The first-order valence-electron chi connectivity index (χ1n) is 4.69. The third-order valence-electron chi connectivity index (χ3n) is 2.16. The molecule has 1 heterocycles. The lowest BCUT2D eigenvalue weighted by atomic mass is 10.3. The van der Waals surface area contributed by atoms with Gasteiger partial charge in [-0.3, -0.25) is 15.1 Å². The van der Waals surface area contributed by atoms with Crippen LogP contribution in [-0.4, -0.2) is 23.1 Å². The first kappa shape index (κ1) is 9.70. The van der Waals surface area contributed by atoms with Gasteiger partial charge in [0.2, 0.25) is 0 Å². The van der Waals surface area contributed by atoms with Crippen LogP contribution in [0.15, 0.2) is 12.4 Å². The molecule has 1 aromatic heterocycles. The van der Waals surface area contributed by atoms with E-state index in [0.717, 1.165) is 12.8 Å². The average molecular weight is 209 g/mol. The molecular formula is C9H11N3O3. The fraction of sp³-hybridized carbons (Fsp3) is 0.444. The molecule has 0 spiro atoms. The summed E-state index contributed by atoms with van der Waals surface area (Å²) in [5.74, 6) is 0.453. The van der Waals surface area contributed by atoms with Crippen molar-refractivity contribution in [1.82, 2.24) is 4.98 Å². The highest BCUT2D eigenvalue weighted by Crippen LogP contribution is 2.36. The minimum absolute atomic E-state index is 0.0596. The van der Waals surface area contributed by atoms with Crippen molar-refractivity contribution in [3.05, 3.63) is 22.5 Å². The minimum atomic E-state index is -0.474. The summed E-state index contributed by atoms with van der Waals surface area (Å²) in [5.41, 5.74) is 0.331. The van der Waals surface area contributed by atoms with Crippen molar-refractivity contribution < 1.29 is 9.66 Å². The number of hydrogen-bond acceptors (Lipinski definition) is 5. The highest BCUT2D eigenvalue weighted by molar-refractivity contribution is 5.68. The van der Waals surface area contributed by atoms with Crippen LogP contribution in [0.4, 0.5) is 11.4 Å². The Morgan fingerprint density at radius 3 is 2.87 bits per heavy atom. The third-order valence-corrected chi connectivity index (χ3v) is 2.16. The molecular weight excluding hydrogens is 198 g/mol. The van der Waals surface area contributed by atoms with Crippen LogP contribution < -0.4 is 10.1 Å². The first-order valence-corrected chi connectivity index (χ1v) is 4.69. The molecule has 2 rings (SSSR count). The molecule has 1 N–H and O–H groups in total. The predicted molar refractivity (Wildman–Crippen MR) is 54.1 cm³/mol. The van der Waals surface area contributed by atoms with Gasteiger partial charge in [0, 0.05) is 7.05 Å². The Balaban J connectivity index is 2.34. The van der Waals surface area contributed by atoms with E-state index in [1.54, 1.807) is 7.05 Å². The molecule has 0 unspecified atom stereocenters. The van der Waals surface area contributed by atoms with Gasteiger partial charge in [-0.15, -0.1) is 0 Å². The van der Waals surface area contributed by atoms with Gasteiger partial charge >= 0.3 is 5.69 Å². The van der Waals surface area contributed by atoms with Gasteiger partial charge in [-0.05, 0) is 12.8 Å². The largest absolute Gasteiger partial charge is 0.486 e. The quantitative estimate of drug-likeness (QED) is 0.601. The Morgan fingerprint density at radius 1 is 1.60 bits per heavy atom. The van der Waals surface area contributed by atoms with E-state index in [2.05, 4.69) is 10.3 Å². The summed E-state index contributed by atoms with van der Waals surface area (Å²) in [7, 11) is 1.63. The van der Waals surface area contributed by atoms with Gasteiger partial charge in [0.25, 0.3) is 0 Å². The topological polar surface area (TPSA) is 77.3 Å². The van der Waals surface area contributed by atoms with Crippen molar-refractivity contribution in [2.75, 3.05) is 12.4 Å². The summed E-state index contributed by atoms with van der Waals surface area (Å²) in [6.07, 6.45) is 4.92. The van der Waals surface area contributed by atoms with E-state index in [9.17, 15) is 10.1 Å². The van der Waals surface area contributed by atoms with Gasteiger partial charge in [0.05, 0.1) is 17.2 Å². The van der Waals surface area contributed by atoms with Gasteiger partial charge in [-0.1, -0.05) is 0 Å². The van der Waals surface area contributed by atoms with Crippen LogP contribution in [0.3, 0.4) is 0 Å². The molecule has 15 heavy (non-hydrogen) atoms. The van der Waals surface area contributed by atoms with E-state index in [1.807, 2.05) is 0 Å². The number of pyridine rings is 1. The monoisotopic (exact) mass is 209 g/mol. The SMILES string of the molecule is CNc1c(OC2CC2)cncc1[N+](=O)[O-]. The van der Waals surface area contributed by atoms with Gasteiger partial charge in [-0.25, -0.2) is 0 Å². The van der Waals surface area contributed by atoms with Crippen LogP contribution in [-0.2, 0) is 0 Å². The van der Waals surface area contributed by atoms with Crippen molar-refractivity contribution in [3.8, 4) is 5.75 Å². The van der Waals surface area contributed by atoms with E-state index < -0.39 is 4.92 Å². The van der Waals surface area contributed by atoms with E-state index >= 15 is 0 Å². The molecule has 0 atom stereocenters. The van der Waals surface area contributed by atoms with Crippen LogP contribution in [0.2, 0.25) is 0 Å². The molecule has 6 heteroatoms. The van der Waals surface area contributed by atoms with Crippen LogP contribution in [0.5, 0.6) is 5.75 Å². The molecule has 0 aliphatic heterocycles. The molecule has 0 saturated heterocycles. The van der Waals surface area contributed by atoms with Crippen LogP contribution in [0, 0.1) is 10.1 Å². The Bertz CT molecular complexity index is 390.